The van der Waals surface area contributed by atoms with Crippen molar-refractivity contribution in [3.63, 3.8) is 0 Å². The van der Waals surface area contributed by atoms with Gasteiger partial charge in [-0.15, -0.1) is 11.8 Å². The van der Waals surface area contributed by atoms with Crippen molar-refractivity contribution >= 4 is 46.6 Å². The van der Waals surface area contributed by atoms with Crippen LogP contribution in [0, 0.1) is 5.82 Å². The number of anilines is 1. The molecule has 0 unspecified atom stereocenters. The van der Waals surface area contributed by atoms with Crippen LogP contribution in [0.15, 0.2) is 47.4 Å². The maximum absolute atomic E-state index is 13.6. The van der Waals surface area contributed by atoms with Crippen molar-refractivity contribution < 1.29 is 9.18 Å². The molecule has 2 aromatic rings. The van der Waals surface area contributed by atoms with Crippen LogP contribution in [0.3, 0.4) is 0 Å². The predicted octanol–water partition coefficient (Wildman–Crippen LogP) is 4.86. The van der Waals surface area contributed by atoms with Gasteiger partial charge in [0.25, 0.3) is 0 Å². The molecule has 0 aliphatic carbocycles. The van der Waals surface area contributed by atoms with Gasteiger partial charge >= 0.3 is 0 Å². The molecule has 2 aromatic carbocycles. The molecule has 0 aliphatic heterocycles. The largest absolute Gasteiger partial charge is 0.323 e. The third kappa shape index (κ3) is 4.13. The quantitative estimate of drug-likeness (QED) is 0.811. The van der Waals surface area contributed by atoms with Crippen LogP contribution in [0.25, 0.3) is 0 Å². The molecule has 2 nitrogen and oxygen atoms in total. The monoisotopic (exact) mass is 329 g/mol. The van der Waals surface area contributed by atoms with Crippen molar-refractivity contribution in [2.75, 3.05) is 11.1 Å². The number of thioether (sulfide) groups is 1. The average Bonchev–Trinajstić information content (AvgIpc) is 2.43. The summed E-state index contributed by atoms with van der Waals surface area (Å²) in [6.45, 7) is 0. The van der Waals surface area contributed by atoms with Gasteiger partial charge in [0.05, 0.1) is 16.5 Å². The van der Waals surface area contributed by atoms with Gasteiger partial charge in [0.1, 0.15) is 0 Å². The van der Waals surface area contributed by atoms with Crippen molar-refractivity contribution in [3.05, 3.63) is 58.3 Å². The summed E-state index contributed by atoms with van der Waals surface area (Å²) in [5, 5.41) is 3.11. The van der Waals surface area contributed by atoms with Crippen LogP contribution in [-0.2, 0) is 4.79 Å². The summed E-state index contributed by atoms with van der Waals surface area (Å²) < 4.78 is 13.6. The molecule has 0 bridgehead atoms. The highest BCUT2D eigenvalue weighted by atomic mass is 35.5. The van der Waals surface area contributed by atoms with E-state index >= 15 is 0 Å². The molecule has 6 heteroatoms. The fourth-order valence-electron chi connectivity index (χ4n) is 1.47. The van der Waals surface area contributed by atoms with E-state index in [9.17, 15) is 9.18 Å². The second-order valence-corrected chi connectivity index (χ2v) is 5.78. The Kier molecular flexibility index (Phi) is 5.29. The molecule has 2 rings (SSSR count). The number of nitrogens with one attached hydrogen (secondary N) is 1. The first kappa shape index (κ1) is 15.2. The molecule has 0 spiro atoms. The van der Waals surface area contributed by atoms with Crippen LogP contribution >= 0.6 is 35.0 Å². The van der Waals surface area contributed by atoms with Crippen molar-refractivity contribution in [2.24, 2.45) is 0 Å². The number of hydrogen-bond acceptors (Lipinski definition) is 2. The van der Waals surface area contributed by atoms with Gasteiger partial charge in [-0.1, -0.05) is 29.3 Å². The number of halogens is 3. The molecule has 0 aliphatic rings. The van der Waals surface area contributed by atoms with Crippen LogP contribution < -0.4 is 5.32 Å². The predicted molar refractivity (Wildman–Crippen MR) is 82.2 cm³/mol. The van der Waals surface area contributed by atoms with E-state index in [1.54, 1.807) is 18.2 Å². The molecular weight excluding hydrogens is 320 g/mol. The maximum atomic E-state index is 13.6. The first-order valence-electron chi connectivity index (χ1n) is 5.68. The molecule has 104 valence electrons. The minimum atomic E-state index is -0.626. The Bertz CT molecular complexity index is 619. The van der Waals surface area contributed by atoms with Gasteiger partial charge in [-0.3, -0.25) is 4.79 Å². The molecule has 0 atom stereocenters. The SMILES string of the molecule is O=C(CSc1ccc(Cl)cc1)Nc1cccc(Cl)c1F. The zero-order valence-electron chi connectivity index (χ0n) is 10.2. The lowest BCUT2D eigenvalue weighted by molar-refractivity contribution is -0.113. The summed E-state index contributed by atoms with van der Waals surface area (Å²) in [6, 6.07) is 11.6. The van der Waals surface area contributed by atoms with Gasteiger partial charge in [-0.25, -0.2) is 4.39 Å². The highest BCUT2D eigenvalue weighted by Gasteiger charge is 2.09. The van der Waals surface area contributed by atoms with Gasteiger partial charge in [0.15, 0.2) is 5.82 Å². The molecule has 0 radical (unpaired) electrons. The van der Waals surface area contributed by atoms with Crippen molar-refractivity contribution in [1.29, 1.82) is 0 Å². The van der Waals surface area contributed by atoms with Gasteiger partial charge < -0.3 is 5.32 Å². The summed E-state index contributed by atoms with van der Waals surface area (Å²) >= 11 is 12.8. The third-order valence-corrected chi connectivity index (χ3v) is 3.97. The molecule has 0 heterocycles. The van der Waals surface area contributed by atoms with E-state index < -0.39 is 5.82 Å². The summed E-state index contributed by atoms with van der Waals surface area (Å²) in [6.07, 6.45) is 0. The lowest BCUT2D eigenvalue weighted by Crippen LogP contribution is -2.15. The summed E-state index contributed by atoms with van der Waals surface area (Å²) in [5.41, 5.74) is 0.0826. The van der Waals surface area contributed by atoms with E-state index in [2.05, 4.69) is 5.32 Å². The number of carbonyl (C=O) groups is 1. The van der Waals surface area contributed by atoms with E-state index in [1.165, 1.54) is 23.9 Å². The second kappa shape index (κ2) is 6.97. The first-order valence-corrected chi connectivity index (χ1v) is 7.42. The Morgan fingerprint density at radius 2 is 1.85 bits per heavy atom. The highest BCUT2D eigenvalue weighted by molar-refractivity contribution is 8.00. The summed E-state index contributed by atoms with van der Waals surface area (Å²) in [7, 11) is 0. The number of hydrogen-bond donors (Lipinski definition) is 1. The molecule has 1 N–H and O–H groups in total. The zero-order chi connectivity index (χ0) is 14.5. The number of carbonyl (C=O) groups excluding carboxylic acids is 1. The number of benzene rings is 2. The third-order valence-electron chi connectivity index (χ3n) is 2.41. The fourth-order valence-corrected chi connectivity index (χ4v) is 2.47. The minimum absolute atomic E-state index is 0.0202. The van der Waals surface area contributed by atoms with E-state index in [4.69, 9.17) is 23.2 Å². The summed E-state index contributed by atoms with van der Waals surface area (Å²) in [4.78, 5) is 12.7. The zero-order valence-corrected chi connectivity index (χ0v) is 12.5. The lowest BCUT2D eigenvalue weighted by Gasteiger charge is -2.07. The summed E-state index contributed by atoms with van der Waals surface area (Å²) in [5.74, 6) is -0.752. The standard InChI is InChI=1S/C14H10Cl2FNOS/c15-9-4-6-10(7-5-9)20-8-13(19)18-12-3-1-2-11(16)14(12)17/h1-7H,8H2,(H,18,19). The molecule has 0 saturated carbocycles. The Labute approximate surface area is 130 Å². The van der Waals surface area contributed by atoms with Crippen LogP contribution in [0.5, 0.6) is 0 Å². The van der Waals surface area contributed by atoms with Gasteiger partial charge in [0, 0.05) is 9.92 Å². The molecule has 20 heavy (non-hydrogen) atoms. The van der Waals surface area contributed by atoms with Gasteiger partial charge in [-0.05, 0) is 36.4 Å². The second-order valence-electron chi connectivity index (χ2n) is 3.89. The van der Waals surface area contributed by atoms with Crippen LogP contribution in [-0.4, -0.2) is 11.7 Å². The Morgan fingerprint density at radius 1 is 1.15 bits per heavy atom. The van der Waals surface area contributed by atoms with Crippen molar-refractivity contribution in [2.45, 2.75) is 4.90 Å². The Hall–Kier alpha value is -1.23. The van der Waals surface area contributed by atoms with Crippen LogP contribution in [0.1, 0.15) is 0 Å². The number of rotatable bonds is 4. The van der Waals surface area contributed by atoms with E-state index in [-0.39, 0.29) is 22.4 Å². The van der Waals surface area contributed by atoms with Gasteiger partial charge in [-0.2, -0.15) is 0 Å². The molecule has 0 aromatic heterocycles. The number of amides is 1. The molecule has 0 fully saturated rings. The molecule has 0 saturated heterocycles. The molecule has 1 amide bonds. The van der Waals surface area contributed by atoms with E-state index in [0.29, 0.717) is 5.02 Å². The smallest absolute Gasteiger partial charge is 0.234 e. The maximum Gasteiger partial charge on any atom is 0.234 e. The average molecular weight is 330 g/mol. The fraction of sp³-hybridized carbons (Fsp3) is 0.0714. The lowest BCUT2D eigenvalue weighted by atomic mass is 10.3. The molecular formula is C14H10Cl2FNOS. The highest BCUT2D eigenvalue weighted by Crippen LogP contribution is 2.23. The van der Waals surface area contributed by atoms with Crippen molar-refractivity contribution in [3.8, 4) is 0 Å². The first-order chi connectivity index (χ1) is 9.56. The Morgan fingerprint density at radius 3 is 2.55 bits per heavy atom. The minimum Gasteiger partial charge on any atom is -0.323 e. The van der Waals surface area contributed by atoms with E-state index in [1.807, 2.05) is 12.1 Å². The van der Waals surface area contributed by atoms with E-state index in [0.717, 1.165) is 4.90 Å². The van der Waals surface area contributed by atoms with Crippen LogP contribution in [0.2, 0.25) is 10.0 Å². The Balaban J connectivity index is 1.92. The van der Waals surface area contributed by atoms with Gasteiger partial charge in [0.2, 0.25) is 5.91 Å². The normalized spacial score (nSPS) is 10.3. The topological polar surface area (TPSA) is 29.1 Å². The van der Waals surface area contributed by atoms with Crippen LogP contribution in [0.4, 0.5) is 10.1 Å². The van der Waals surface area contributed by atoms with Crippen molar-refractivity contribution in [1.82, 2.24) is 0 Å².